The number of hydrogen-bond acceptors (Lipinski definition) is 6. The zero-order valence-corrected chi connectivity index (χ0v) is 12.4. The largest absolute Gasteiger partial charge is 0.493 e. The minimum absolute atomic E-state index is 0.200. The molecule has 0 aliphatic carbocycles. The lowest BCUT2D eigenvalue weighted by Crippen LogP contribution is -2.52. The molecule has 1 aromatic heterocycles. The standard InChI is InChI=1S/C13H24N4O3/c1-4-17-11(10(18-2)9-15-17)12(16-14)13(19-3)5-7-20-8-6-13/h9,12,16H,4-8,14H2,1-3H3. The van der Waals surface area contributed by atoms with Gasteiger partial charge in [0.05, 0.1) is 24.9 Å². The van der Waals surface area contributed by atoms with Gasteiger partial charge in [0.15, 0.2) is 5.75 Å². The molecule has 1 saturated heterocycles. The zero-order valence-electron chi connectivity index (χ0n) is 12.4. The Kier molecular flexibility index (Phi) is 4.98. The third-order valence-electron chi connectivity index (χ3n) is 4.08. The van der Waals surface area contributed by atoms with Crippen molar-refractivity contribution in [1.29, 1.82) is 0 Å². The van der Waals surface area contributed by atoms with Crippen molar-refractivity contribution in [2.24, 2.45) is 5.84 Å². The van der Waals surface area contributed by atoms with Crippen molar-refractivity contribution in [3.05, 3.63) is 11.9 Å². The van der Waals surface area contributed by atoms with Crippen LogP contribution in [0.3, 0.4) is 0 Å². The van der Waals surface area contributed by atoms with Crippen LogP contribution in [0.2, 0.25) is 0 Å². The fourth-order valence-electron chi connectivity index (χ4n) is 2.89. The fraction of sp³-hybridized carbons (Fsp3) is 0.769. The molecule has 0 spiro atoms. The molecule has 1 atom stereocenters. The van der Waals surface area contributed by atoms with Gasteiger partial charge in [-0.05, 0) is 6.92 Å². The van der Waals surface area contributed by atoms with Crippen molar-refractivity contribution in [1.82, 2.24) is 15.2 Å². The van der Waals surface area contributed by atoms with E-state index in [4.69, 9.17) is 20.1 Å². The van der Waals surface area contributed by atoms with Gasteiger partial charge >= 0.3 is 0 Å². The van der Waals surface area contributed by atoms with E-state index in [-0.39, 0.29) is 6.04 Å². The van der Waals surface area contributed by atoms with Crippen LogP contribution >= 0.6 is 0 Å². The fourth-order valence-corrected chi connectivity index (χ4v) is 2.89. The highest BCUT2D eigenvalue weighted by molar-refractivity contribution is 5.31. The summed E-state index contributed by atoms with van der Waals surface area (Å²) in [5, 5.41) is 4.34. The van der Waals surface area contributed by atoms with Crippen LogP contribution in [-0.2, 0) is 16.0 Å². The molecule has 1 unspecified atom stereocenters. The molecule has 20 heavy (non-hydrogen) atoms. The third kappa shape index (κ3) is 2.54. The highest BCUT2D eigenvalue weighted by Gasteiger charge is 2.44. The maximum atomic E-state index is 5.84. The van der Waals surface area contributed by atoms with E-state index < -0.39 is 5.60 Å². The molecule has 1 aliphatic rings. The molecule has 0 radical (unpaired) electrons. The van der Waals surface area contributed by atoms with Crippen LogP contribution in [0, 0.1) is 0 Å². The van der Waals surface area contributed by atoms with Crippen LogP contribution in [0.15, 0.2) is 6.20 Å². The van der Waals surface area contributed by atoms with Crippen molar-refractivity contribution < 1.29 is 14.2 Å². The predicted octanol–water partition coefficient (Wildman–Crippen LogP) is 0.612. The molecule has 0 saturated carbocycles. The number of aromatic nitrogens is 2. The van der Waals surface area contributed by atoms with Gasteiger partial charge in [-0.15, -0.1) is 0 Å². The van der Waals surface area contributed by atoms with Gasteiger partial charge in [0.2, 0.25) is 0 Å². The van der Waals surface area contributed by atoms with Crippen molar-refractivity contribution >= 4 is 0 Å². The van der Waals surface area contributed by atoms with E-state index in [1.807, 2.05) is 11.6 Å². The van der Waals surface area contributed by atoms with E-state index in [1.54, 1.807) is 20.4 Å². The van der Waals surface area contributed by atoms with Crippen LogP contribution in [0.5, 0.6) is 5.75 Å². The Morgan fingerprint density at radius 3 is 2.70 bits per heavy atom. The van der Waals surface area contributed by atoms with Gasteiger partial charge < -0.3 is 14.2 Å². The molecule has 0 aromatic carbocycles. The molecule has 2 rings (SSSR count). The van der Waals surface area contributed by atoms with E-state index in [2.05, 4.69) is 10.5 Å². The van der Waals surface area contributed by atoms with Gasteiger partial charge in [-0.3, -0.25) is 10.5 Å². The van der Waals surface area contributed by atoms with Gasteiger partial charge in [-0.25, -0.2) is 5.43 Å². The molecule has 1 fully saturated rings. The Labute approximate surface area is 119 Å². The maximum absolute atomic E-state index is 5.84. The maximum Gasteiger partial charge on any atom is 0.161 e. The molecule has 1 aliphatic heterocycles. The number of aryl methyl sites for hydroxylation is 1. The minimum atomic E-state index is -0.409. The summed E-state index contributed by atoms with van der Waals surface area (Å²) in [5.41, 5.74) is 3.40. The molecule has 114 valence electrons. The highest BCUT2D eigenvalue weighted by Crippen LogP contribution is 2.40. The number of nitrogens with two attached hydrogens (primary N) is 1. The summed E-state index contributed by atoms with van der Waals surface area (Å²) in [6.07, 6.45) is 3.26. The zero-order chi connectivity index (χ0) is 14.6. The van der Waals surface area contributed by atoms with Crippen molar-refractivity contribution in [3.8, 4) is 5.75 Å². The smallest absolute Gasteiger partial charge is 0.161 e. The molecule has 0 bridgehead atoms. The lowest BCUT2D eigenvalue weighted by molar-refractivity contribution is -0.113. The number of nitrogens with one attached hydrogen (secondary N) is 1. The number of rotatable bonds is 6. The molecule has 2 heterocycles. The molecule has 7 nitrogen and oxygen atoms in total. The van der Waals surface area contributed by atoms with Crippen molar-refractivity contribution in [3.63, 3.8) is 0 Å². The van der Waals surface area contributed by atoms with Gasteiger partial charge in [0.25, 0.3) is 0 Å². The topological polar surface area (TPSA) is 83.6 Å². The summed E-state index contributed by atoms with van der Waals surface area (Å²) >= 11 is 0. The SMILES string of the molecule is CCn1ncc(OC)c1C(NN)C1(OC)CCOCC1. The van der Waals surface area contributed by atoms with Crippen LogP contribution in [-0.4, -0.2) is 42.8 Å². The molecular weight excluding hydrogens is 260 g/mol. The second kappa shape index (κ2) is 6.53. The molecule has 7 heteroatoms. The minimum Gasteiger partial charge on any atom is -0.493 e. The summed E-state index contributed by atoms with van der Waals surface area (Å²) in [6.45, 7) is 4.10. The van der Waals surface area contributed by atoms with E-state index in [0.717, 1.165) is 30.8 Å². The lowest BCUT2D eigenvalue weighted by atomic mass is 9.84. The molecule has 0 amide bonds. The molecule has 3 N–H and O–H groups in total. The van der Waals surface area contributed by atoms with Gasteiger partial charge in [-0.2, -0.15) is 5.10 Å². The van der Waals surface area contributed by atoms with E-state index in [0.29, 0.717) is 13.2 Å². The number of nitrogens with zero attached hydrogens (tertiary/aromatic N) is 2. The number of methoxy groups -OCH3 is 2. The third-order valence-corrected chi connectivity index (χ3v) is 4.08. The van der Waals surface area contributed by atoms with E-state index in [9.17, 15) is 0 Å². The normalized spacial score (nSPS) is 19.8. The summed E-state index contributed by atoms with van der Waals surface area (Å²) in [4.78, 5) is 0. The summed E-state index contributed by atoms with van der Waals surface area (Å²) in [6, 6.07) is -0.200. The van der Waals surface area contributed by atoms with Crippen molar-refractivity contribution in [2.75, 3.05) is 27.4 Å². The number of hydrazine groups is 1. The highest BCUT2D eigenvalue weighted by atomic mass is 16.5. The summed E-state index contributed by atoms with van der Waals surface area (Å²) < 4.78 is 18.6. The van der Waals surface area contributed by atoms with Crippen LogP contribution in [0.25, 0.3) is 0 Å². The first-order chi connectivity index (χ1) is 9.72. The Balaban J connectivity index is 2.42. The van der Waals surface area contributed by atoms with Gasteiger partial charge in [0.1, 0.15) is 5.69 Å². The summed E-state index contributed by atoms with van der Waals surface area (Å²) in [7, 11) is 3.35. The molecular formula is C13H24N4O3. The first-order valence-corrected chi connectivity index (χ1v) is 6.91. The Bertz CT molecular complexity index is 408. The predicted molar refractivity (Wildman–Crippen MR) is 74.3 cm³/mol. The lowest BCUT2D eigenvalue weighted by Gasteiger charge is -2.42. The van der Waals surface area contributed by atoms with Crippen LogP contribution in [0.4, 0.5) is 0 Å². The average Bonchev–Trinajstić information content (AvgIpc) is 2.91. The number of hydrogen-bond donors (Lipinski definition) is 2. The first-order valence-electron chi connectivity index (χ1n) is 6.91. The summed E-state index contributed by atoms with van der Waals surface area (Å²) in [5.74, 6) is 6.56. The van der Waals surface area contributed by atoms with Crippen LogP contribution in [0.1, 0.15) is 31.5 Å². The van der Waals surface area contributed by atoms with E-state index >= 15 is 0 Å². The monoisotopic (exact) mass is 284 g/mol. The molecule has 1 aromatic rings. The van der Waals surface area contributed by atoms with Crippen LogP contribution < -0.4 is 16.0 Å². The van der Waals surface area contributed by atoms with E-state index in [1.165, 1.54) is 0 Å². The first kappa shape index (κ1) is 15.2. The second-order valence-corrected chi connectivity index (χ2v) is 4.89. The second-order valence-electron chi connectivity index (χ2n) is 4.89. The Morgan fingerprint density at radius 1 is 1.50 bits per heavy atom. The Morgan fingerprint density at radius 2 is 2.20 bits per heavy atom. The van der Waals surface area contributed by atoms with Gasteiger partial charge in [-0.1, -0.05) is 0 Å². The van der Waals surface area contributed by atoms with Gasteiger partial charge in [0, 0.05) is 39.7 Å². The Hall–Kier alpha value is -1.15. The average molecular weight is 284 g/mol. The number of ether oxygens (including phenoxy) is 3. The van der Waals surface area contributed by atoms with Crippen molar-refractivity contribution in [2.45, 2.75) is 38.0 Å². The quantitative estimate of drug-likeness (QED) is 0.588.